The first-order valence-electron chi connectivity index (χ1n) is 6.42. The molecule has 0 amide bonds. The van der Waals surface area contributed by atoms with E-state index in [1.165, 1.54) is 6.07 Å². The molecule has 20 heavy (non-hydrogen) atoms. The van der Waals surface area contributed by atoms with Gasteiger partial charge in [0.2, 0.25) is 0 Å². The SMILES string of the molecule is Cc1ccc(C(O)C(CN)c2cccc(Cl)c2)cc1F. The molecule has 0 heterocycles. The molecule has 4 heteroatoms. The maximum absolute atomic E-state index is 13.6. The highest BCUT2D eigenvalue weighted by molar-refractivity contribution is 6.30. The summed E-state index contributed by atoms with van der Waals surface area (Å²) in [4.78, 5) is 0. The largest absolute Gasteiger partial charge is 0.388 e. The van der Waals surface area contributed by atoms with Crippen molar-refractivity contribution in [2.75, 3.05) is 6.54 Å². The molecular formula is C16H17ClFNO. The lowest BCUT2D eigenvalue weighted by atomic mass is 9.89. The average Bonchev–Trinajstić information content (AvgIpc) is 2.42. The standard InChI is InChI=1S/C16H17ClFNO/c1-10-5-6-12(8-15(10)18)16(20)14(9-19)11-3-2-4-13(17)7-11/h2-8,14,16,20H,9,19H2,1H3. The van der Waals surface area contributed by atoms with Gasteiger partial charge in [-0.25, -0.2) is 4.39 Å². The Morgan fingerprint density at radius 1 is 1.20 bits per heavy atom. The molecule has 0 bridgehead atoms. The first-order chi connectivity index (χ1) is 9.52. The van der Waals surface area contributed by atoms with Gasteiger partial charge in [-0.1, -0.05) is 35.9 Å². The summed E-state index contributed by atoms with van der Waals surface area (Å²) in [6.07, 6.45) is -0.867. The molecule has 3 N–H and O–H groups in total. The molecule has 0 saturated heterocycles. The fraction of sp³-hybridized carbons (Fsp3) is 0.250. The highest BCUT2D eigenvalue weighted by atomic mass is 35.5. The zero-order chi connectivity index (χ0) is 14.7. The Hall–Kier alpha value is -1.42. The molecular weight excluding hydrogens is 277 g/mol. The van der Waals surface area contributed by atoms with Gasteiger partial charge in [0, 0.05) is 17.5 Å². The Morgan fingerprint density at radius 2 is 1.95 bits per heavy atom. The normalized spacial score (nSPS) is 14.1. The smallest absolute Gasteiger partial charge is 0.126 e. The first-order valence-corrected chi connectivity index (χ1v) is 6.80. The third-order valence-electron chi connectivity index (χ3n) is 3.45. The topological polar surface area (TPSA) is 46.2 Å². The van der Waals surface area contributed by atoms with Crippen molar-refractivity contribution in [2.45, 2.75) is 18.9 Å². The van der Waals surface area contributed by atoms with Crippen molar-refractivity contribution >= 4 is 11.6 Å². The predicted octanol–water partition coefficient (Wildman–Crippen LogP) is 3.56. The Labute approximate surface area is 123 Å². The minimum Gasteiger partial charge on any atom is -0.388 e. The molecule has 0 aliphatic heterocycles. The van der Waals surface area contributed by atoms with Crippen LogP contribution in [-0.2, 0) is 0 Å². The Bertz CT molecular complexity index is 603. The summed E-state index contributed by atoms with van der Waals surface area (Å²) < 4.78 is 13.6. The van der Waals surface area contributed by atoms with Crippen LogP contribution >= 0.6 is 11.6 Å². The maximum Gasteiger partial charge on any atom is 0.126 e. The molecule has 0 spiro atoms. The zero-order valence-corrected chi connectivity index (χ0v) is 11.9. The predicted molar refractivity (Wildman–Crippen MR) is 79.3 cm³/mol. The molecule has 0 saturated carbocycles. The van der Waals surface area contributed by atoms with E-state index in [2.05, 4.69) is 0 Å². The second kappa shape index (κ2) is 6.35. The Balaban J connectivity index is 2.33. The van der Waals surface area contributed by atoms with Gasteiger partial charge in [0.1, 0.15) is 5.82 Å². The second-order valence-electron chi connectivity index (χ2n) is 4.85. The van der Waals surface area contributed by atoms with Crippen molar-refractivity contribution in [3.63, 3.8) is 0 Å². The van der Waals surface area contributed by atoms with Gasteiger partial charge in [-0.05, 0) is 41.8 Å². The number of aliphatic hydroxyl groups is 1. The number of hydrogen-bond acceptors (Lipinski definition) is 2. The highest BCUT2D eigenvalue weighted by Gasteiger charge is 2.22. The van der Waals surface area contributed by atoms with E-state index in [0.29, 0.717) is 16.1 Å². The molecule has 2 nitrogen and oxygen atoms in total. The Morgan fingerprint density at radius 3 is 2.55 bits per heavy atom. The summed E-state index contributed by atoms with van der Waals surface area (Å²) in [5, 5.41) is 11.0. The van der Waals surface area contributed by atoms with E-state index in [9.17, 15) is 9.50 Å². The van der Waals surface area contributed by atoms with E-state index < -0.39 is 6.10 Å². The van der Waals surface area contributed by atoms with Crippen molar-refractivity contribution in [1.82, 2.24) is 0 Å². The van der Waals surface area contributed by atoms with E-state index in [0.717, 1.165) is 5.56 Å². The third kappa shape index (κ3) is 3.18. The summed E-state index contributed by atoms with van der Waals surface area (Å²) in [5.74, 6) is -0.653. The zero-order valence-electron chi connectivity index (χ0n) is 11.2. The van der Waals surface area contributed by atoms with E-state index in [-0.39, 0.29) is 18.3 Å². The van der Waals surface area contributed by atoms with E-state index in [1.807, 2.05) is 12.1 Å². The molecule has 0 radical (unpaired) electrons. The maximum atomic E-state index is 13.6. The average molecular weight is 294 g/mol. The van der Waals surface area contributed by atoms with Crippen molar-refractivity contribution in [1.29, 1.82) is 0 Å². The lowest BCUT2D eigenvalue weighted by Gasteiger charge is -2.22. The third-order valence-corrected chi connectivity index (χ3v) is 3.68. The van der Waals surface area contributed by atoms with Gasteiger partial charge < -0.3 is 10.8 Å². The van der Waals surface area contributed by atoms with E-state index in [1.54, 1.807) is 31.2 Å². The van der Waals surface area contributed by atoms with E-state index in [4.69, 9.17) is 17.3 Å². The van der Waals surface area contributed by atoms with Gasteiger partial charge in [-0.2, -0.15) is 0 Å². The van der Waals surface area contributed by atoms with Gasteiger partial charge in [0.25, 0.3) is 0 Å². The lowest BCUT2D eigenvalue weighted by Crippen LogP contribution is -2.20. The fourth-order valence-electron chi connectivity index (χ4n) is 2.21. The number of nitrogens with two attached hydrogens (primary N) is 1. The van der Waals surface area contributed by atoms with Crippen molar-refractivity contribution in [3.05, 3.63) is 70.0 Å². The number of aryl methyl sites for hydroxylation is 1. The number of hydrogen-bond donors (Lipinski definition) is 2. The van der Waals surface area contributed by atoms with Crippen LogP contribution in [0.2, 0.25) is 5.02 Å². The van der Waals surface area contributed by atoms with Crippen LogP contribution in [0.1, 0.15) is 28.7 Å². The van der Waals surface area contributed by atoms with Crippen LogP contribution in [0.5, 0.6) is 0 Å². The number of rotatable bonds is 4. The molecule has 2 unspecified atom stereocenters. The molecule has 0 aliphatic rings. The molecule has 0 aliphatic carbocycles. The van der Waals surface area contributed by atoms with Gasteiger partial charge in [-0.15, -0.1) is 0 Å². The molecule has 2 aromatic rings. The molecule has 106 valence electrons. The number of aliphatic hydroxyl groups excluding tert-OH is 1. The molecule has 0 fully saturated rings. The summed E-state index contributed by atoms with van der Waals surface area (Å²) in [6.45, 7) is 1.93. The summed E-state index contributed by atoms with van der Waals surface area (Å²) in [5.41, 5.74) is 7.67. The van der Waals surface area contributed by atoms with Crippen LogP contribution in [0.15, 0.2) is 42.5 Å². The fourth-order valence-corrected chi connectivity index (χ4v) is 2.41. The van der Waals surface area contributed by atoms with Gasteiger partial charge in [0.15, 0.2) is 0 Å². The van der Waals surface area contributed by atoms with Crippen LogP contribution in [0.4, 0.5) is 4.39 Å². The van der Waals surface area contributed by atoms with Crippen LogP contribution in [0, 0.1) is 12.7 Å². The van der Waals surface area contributed by atoms with Crippen LogP contribution < -0.4 is 5.73 Å². The van der Waals surface area contributed by atoms with Crippen molar-refractivity contribution < 1.29 is 9.50 Å². The van der Waals surface area contributed by atoms with Crippen LogP contribution in [0.3, 0.4) is 0 Å². The van der Waals surface area contributed by atoms with Gasteiger partial charge >= 0.3 is 0 Å². The minimum atomic E-state index is -0.867. The molecule has 2 atom stereocenters. The first kappa shape index (κ1) is 15.0. The summed E-state index contributed by atoms with van der Waals surface area (Å²) in [6, 6.07) is 11.9. The highest BCUT2D eigenvalue weighted by Crippen LogP contribution is 2.32. The summed E-state index contributed by atoms with van der Waals surface area (Å²) in [7, 11) is 0. The van der Waals surface area contributed by atoms with Crippen LogP contribution in [-0.4, -0.2) is 11.7 Å². The number of halogens is 2. The quantitative estimate of drug-likeness (QED) is 0.905. The molecule has 2 aromatic carbocycles. The van der Waals surface area contributed by atoms with Gasteiger partial charge in [-0.3, -0.25) is 0 Å². The monoisotopic (exact) mass is 293 g/mol. The minimum absolute atomic E-state index is 0.247. The lowest BCUT2D eigenvalue weighted by molar-refractivity contribution is 0.147. The molecule has 0 aromatic heterocycles. The molecule has 2 rings (SSSR count). The van der Waals surface area contributed by atoms with Crippen LogP contribution in [0.25, 0.3) is 0 Å². The second-order valence-corrected chi connectivity index (χ2v) is 5.29. The summed E-state index contributed by atoms with van der Waals surface area (Å²) >= 11 is 5.96. The Kier molecular flexibility index (Phi) is 4.76. The number of benzene rings is 2. The van der Waals surface area contributed by atoms with Crippen molar-refractivity contribution in [2.24, 2.45) is 5.73 Å². The van der Waals surface area contributed by atoms with Crippen molar-refractivity contribution in [3.8, 4) is 0 Å². The van der Waals surface area contributed by atoms with Gasteiger partial charge in [0.05, 0.1) is 6.10 Å². The van der Waals surface area contributed by atoms with E-state index >= 15 is 0 Å².